The molecule has 78 heavy (non-hydrogen) atoms. The van der Waals surface area contributed by atoms with Gasteiger partial charge in [0.15, 0.2) is 36.2 Å². The molecule has 21 heteroatoms. The van der Waals surface area contributed by atoms with Crippen LogP contribution in [0, 0.1) is 0 Å². The molecule has 7 rings (SSSR count). The van der Waals surface area contributed by atoms with Crippen LogP contribution in [0.25, 0.3) is 0 Å². The monoisotopic (exact) mass is 1080 g/mol. The van der Waals surface area contributed by atoms with Gasteiger partial charge in [-0.25, -0.2) is 4.79 Å². The van der Waals surface area contributed by atoms with Crippen LogP contribution in [-0.2, 0) is 39.9 Å². The maximum Gasteiger partial charge on any atom is 0.329 e. The zero-order valence-electron chi connectivity index (χ0n) is 44.8. The summed E-state index contributed by atoms with van der Waals surface area (Å²) < 4.78 is 45.9. The van der Waals surface area contributed by atoms with Crippen LogP contribution in [0.2, 0.25) is 0 Å². The molecule has 0 aromatic heterocycles. The summed E-state index contributed by atoms with van der Waals surface area (Å²) in [6.07, 6.45) is 3.11. The van der Waals surface area contributed by atoms with Crippen molar-refractivity contribution < 1.29 is 76.3 Å². The average Bonchev–Trinajstić information content (AvgIpc) is 3.73. The van der Waals surface area contributed by atoms with Crippen LogP contribution in [0.5, 0.6) is 40.2 Å². The van der Waals surface area contributed by atoms with E-state index in [1.54, 1.807) is 61.6 Å². The van der Waals surface area contributed by atoms with Gasteiger partial charge >= 0.3 is 5.97 Å². The maximum atomic E-state index is 14.6. The third-order valence-corrected chi connectivity index (χ3v) is 13.9. The minimum Gasteiger partial charge on any atom is -0.493 e. The molecule has 3 aliphatic heterocycles. The number of nitrogens with zero attached hydrogens (tertiary/aromatic N) is 2. The lowest BCUT2D eigenvalue weighted by Gasteiger charge is -2.37. The first-order valence-corrected chi connectivity index (χ1v) is 26.0. The van der Waals surface area contributed by atoms with Gasteiger partial charge in [-0.3, -0.25) is 43.8 Å². The number of carbonyl (C=O) groups excluding carboxylic acids is 8. The minimum absolute atomic E-state index is 0.000965. The van der Waals surface area contributed by atoms with Gasteiger partial charge in [-0.2, -0.15) is 0 Å². The van der Waals surface area contributed by atoms with Gasteiger partial charge in [-0.05, 0) is 111 Å². The molecule has 0 aliphatic carbocycles. The SMILES string of the molecule is CC[C@H](C(=O)N1CCCC[C@H]1C(=O)O[C@H](CCc1ccc(OC)c(OC)c1)c1ccccc1OCC(=O)NCCCCNC(=O)COc1cccc2c1C(=O)N(C1CCC(=O)NC1=O)C2=O)c1cc(OC)c(OC)c(OC)c1. The van der Waals surface area contributed by atoms with Crippen LogP contribution in [0.1, 0.15) is 114 Å². The van der Waals surface area contributed by atoms with E-state index in [0.29, 0.717) is 104 Å². The zero-order valence-corrected chi connectivity index (χ0v) is 44.8. The lowest BCUT2D eigenvalue weighted by Crippen LogP contribution is -2.54. The van der Waals surface area contributed by atoms with E-state index in [4.69, 9.17) is 37.9 Å². The molecule has 2 saturated heterocycles. The molecule has 0 bridgehead atoms. The van der Waals surface area contributed by atoms with E-state index < -0.39 is 72.1 Å². The molecule has 0 saturated carbocycles. The van der Waals surface area contributed by atoms with Crippen LogP contribution >= 0.6 is 0 Å². The fraction of sp³-hybridized carbons (Fsp3) is 0.439. The van der Waals surface area contributed by atoms with Crippen molar-refractivity contribution in [2.75, 3.05) is 68.4 Å². The summed E-state index contributed by atoms with van der Waals surface area (Å²) in [7, 11) is 7.64. The fourth-order valence-corrected chi connectivity index (χ4v) is 9.90. The maximum absolute atomic E-state index is 14.6. The minimum atomic E-state index is -1.14. The highest BCUT2D eigenvalue weighted by Gasteiger charge is 2.46. The van der Waals surface area contributed by atoms with E-state index in [0.717, 1.165) is 10.5 Å². The molecule has 21 nitrogen and oxygen atoms in total. The molecule has 7 amide bonds. The summed E-state index contributed by atoms with van der Waals surface area (Å²) in [5.74, 6) is -2.33. The summed E-state index contributed by atoms with van der Waals surface area (Å²) in [5.41, 5.74) is 2.04. The second-order valence-corrected chi connectivity index (χ2v) is 18.8. The number of para-hydroxylation sites is 1. The normalized spacial score (nSPS) is 16.7. The predicted molar refractivity (Wildman–Crippen MR) is 281 cm³/mol. The van der Waals surface area contributed by atoms with E-state index in [2.05, 4.69) is 16.0 Å². The van der Waals surface area contributed by atoms with E-state index >= 15 is 0 Å². The van der Waals surface area contributed by atoms with Crippen molar-refractivity contribution >= 4 is 47.3 Å². The van der Waals surface area contributed by atoms with Gasteiger partial charge in [-0.15, -0.1) is 0 Å². The Kier molecular flexibility index (Phi) is 19.9. The molecular formula is C57H67N5O16. The van der Waals surface area contributed by atoms with Crippen molar-refractivity contribution in [2.45, 2.75) is 95.2 Å². The van der Waals surface area contributed by atoms with Crippen molar-refractivity contribution in [1.82, 2.24) is 25.8 Å². The summed E-state index contributed by atoms with van der Waals surface area (Å²) in [4.78, 5) is 108. The molecule has 1 unspecified atom stereocenters. The Morgan fingerprint density at radius 3 is 1.99 bits per heavy atom. The molecule has 4 aromatic rings. The number of esters is 1. The lowest BCUT2D eigenvalue weighted by atomic mass is 9.91. The Balaban J connectivity index is 0.942. The average molecular weight is 1080 g/mol. The summed E-state index contributed by atoms with van der Waals surface area (Å²) in [6, 6.07) is 18.5. The van der Waals surface area contributed by atoms with Crippen LogP contribution in [-0.4, -0.2) is 138 Å². The molecule has 3 heterocycles. The van der Waals surface area contributed by atoms with Crippen LogP contribution in [0.15, 0.2) is 72.8 Å². The smallest absolute Gasteiger partial charge is 0.329 e. The Morgan fingerprint density at radius 1 is 0.692 bits per heavy atom. The van der Waals surface area contributed by atoms with Gasteiger partial charge in [-0.1, -0.05) is 37.3 Å². The molecule has 416 valence electrons. The topological polar surface area (TPSA) is 253 Å². The van der Waals surface area contributed by atoms with Crippen LogP contribution < -0.4 is 49.1 Å². The quantitative estimate of drug-likeness (QED) is 0.0405. The number of aryl methyl sites for hydroxylation is 1. The highest BCUT2D eigenvalue weighted by Crippen LogP contribution is 2.42. The lowest BCUT2D eigenvalue weighted by molar-refractivity contribution is -0.162. The summed E-state index contributed by atoms with van der Waals surface area (Å²) in [6.45, 7) is 1.97. The van der Waals surface area contributed by atoms with Gasteiger partial charge in [0, 0.05) is 31.6 Å². The number of fused-ring (bicyclic) bond motifs is 1. The Morgan fingerprint density at radius 2 is 1.35 bits per heavy atom. The molecule has 4 aromatic carbocycles. The number of amides is 7. The fourth-order valence-electron chi connectivity index (χ4n) is 9.90. The zero-order chi connectivity index (χ0) is 55.9. The number of rotatable bonds is 26. The number of piperidine rings is 2. The number of hydrogen-bond acceptors (Lipinski definition) is 16. The molecule has 0 radical (unpaired) electrons. The third kappa shape index (κ3) is 13.4. The number of nitrogens with one attached hydrogen (secondary N) is 3. The van der Waals surface area contributed by atoms with Crippen molar-refractivity contribution in [3.63, 3.8) is 0 Å². The first-order valence-electron chi connectivity index (χ1n) is 26.0. The van der Waals surface area contributed by atoms with E-state index in [9.17, 15) is 38.4 Å². The van der Waals surface area contributed by atoms with Crippen molar-refractivity contribution in [2.24, 2.45) is 0 Å². The van der Waals surface area contributed by atoms with Gasteiger partial charge in [0.25, 0.3) is 23.6 Å². The number of hydrogen-bond donors (Lipinski definition) is 3. The number of unbranched alkanes of at least 4 members (excludes halogenated alkanes) is 1. The Labute approximate surface area is 452 Å². The second kappa shape index (κ2) is 27.1. The molecule has 3 aliphatic rings. The summed E-state index contributed by atoms with van der Waals surface area (Å²) in [5, 5.41) is 7.72. The number of carbonyl (C=O) groups is 8. The third-order valence-electron chi connectivity index (χ3n) is 13.9. The number of likely N-dealkylation sites (tertiary alicyclic amines) is 1. The van der Waals surface area contributed by atoms with Crippen LogP contribution in [0.4, 0.5) is 0 Å². The highest BCUT2D eigenvalue weighted by molar-refractivity contribution is 6.24. The molecular weight excluding hydrogens is 1010 g/mol. The number of benzene rings is 4. The van der Waals surface area contributed by atoms with Crippen molar-refractivity contribution in [1.29, 1.82) is 0 Å². The number of ether oxygens (including phenoxy) is 8. The first-order chi connectivity index (χ1) is 37.7. The predicted octanol–water partition coefficient (Wildman–Crippen LogP) is 5.39. The van der Waals surface area contributed by atoms with E-state index in [1.807, 2.05) is 19.1 Å². The van der Waals surface area contributed by atoms with Gasteiger partial charge in [0.05, 0.1) is 52.6 Å². The molecule has 4 atom stereocenters. The summed E-state index contributed by atoms with van der Waals surface area (Å²) >= 11 is 0. The van der Waals surface area contributed by atoms with E-state index in [1.165, 1.54) is 39.5 Å². The molecule has 0 spiro atoms. The Hall–Kier alpha value is -8.36. The van der Waals surface area contributed by atoms with Crippen LogP contribution in [0.3, 0.4) is 0 Å². The van der Waals surface area contributed by atoms with Crippen molar-refractivity contribution in [3.05, 3.63) is 101 Å². The Bertz CT molecular complexity index is 2850. The first kappa shape index (κ1) is 57.3. The van der Waals surface area contributed by atoms with Crippen molar-refractivity contribution in [3.8, 4) is 40.2 Å². The van der Waals surface area contributed by atoms with E-state index in [-0.39, 0.29) is 55.3 Å². The number of methoxy groups -OCH3 is 5. The largest absolute Gasteiger partial charge is 0.493 e. The van der Waals surface area contributed by atoms with Gasteiger partial charge in [0.1, 0.15) is 29.7 Å². The standard InChI is InChI=1S/C57H67N5O16/c1-7-36(35-30-46(73-4)52(75-6)47(31-35)74-5)54(67)61-28-13-10-17-40(61)57(70)78-42(23-20-34-21-24-43(71-2)45(29-34)72-3)37-15-8-9-18-41(37)76-32-49(64)58-26-11-12-27-59-50(65)33-77-44-19-14-16-38-51(44)56(69)62(55(38)68)39-22-25-48(63)60-53(39)66/h8-9,14-16,18-19,21,24,29-31,36,39-40,42H,7,10-13,17,20,22-23,25-28,32-33H2,1-6H3,(H,58,64)(H,59,65)(H,60,63,66)/t36-,39?,40-,42+/m0/s1. The molecule has 2 fully saturated rings. The number of imide groups is 2. The van der Waals surface area contributed by atoms with Gasteiger partial charge < -0.3 is 53.4 Å². The highest BCUT2D eigenvalue weighted by atomic mass is 16.6. The van der Waals surface area contributed by atoms with Gasteiger partial charge in [0.2, 0.25) is 23.5 Å². The second-order valence-electron chi connectivity index (χ2n) is 18.8. The molecule has 3 N–H and O–H groups in total.